The molecule has 2 amide bonds. The number of nitrogens with zero attached hydrogens (tertiary/aromatic N) is 2. The van der Waals surface area contributed by atoms with Crippen molar-refractivity contribution in [2.45, 2.75) is 36.6 Å². The highest BCUT2D eigenvalue weighted by atomic mass is 32.2. The van der Waals surface area contributed by atoms with Gasteiger partial charge in [0.25, 0.3) is 5.91 Å². The van der Waals surface area contributed by atoms with Crippen molar-refractivity contribution in [2.24, 2.45) is 0 Å². The quantitative estimate of drug-likeness (QED) is 0.751. The molecule has 0 aliphatic carbocycles. The van der Waals surface area contributed by atoms with Gasteiger partial charge < -0.3 is 14.5 Å². The van der Waals surface area contributed by atoms with Crippen molar-refractivity contribution >= 4 is 29.5 Å². The van der Waals surface area contributed by atoms with E-state index in [-0.39, 0.29) is 18.4 Å². The van der Waals surface area contributed by atoms with E-state index in [4.69, 9.17) is 4.74 Å². The molecule has 0 aromatic heterocycles. The van der Waals surface area contributed by atoms with Crippen molar-refractivity contribution in [2.75, 3.05) is 25.4 Å². The Morgan fingerprint density at radius 1 is 1.19 bits per heavy atom. The summed E-state index contributed by atoms with van der Waals surface area (Å²) in [6, 6.07) is 9.22. The zero-order chi connectivity index (χ0) is 18.1. The maximum Gasteiger partial charge on any atom is 0.330 e. The molecule has 0 radical (unpaired) electrons. The molecule has 2 atom stereocenters. The smallest absolute Gasteiger partial charge is 0.330 e. The Balaban J connectivity index is 1.46. The first kappa shape index (κ1) is 17.4. The first-order valence-electron chi connectivity index (χ1n) is 9.08. The maximum atomic E-state index is 12.6. The van der Waals surface area contributed by atoms with E-state index in [0.717, 1.165) is 31.5 Å². The number of likely N-dealkylation sites (tertiary alicyclic amines) is 1. The lowest BCUT2D eigenvalue weighted by Crippen LogP contribution is -2.47. The fourth-order valence-corrected chi connectivity index (χ4v) is 5.74. The Bertz CT molecular complexity index is 720. The fraction of sp³-hybridized carbons (Fsp3) is 0.526. The zero-order valence-corrected chi connectivity index (χ0v) is 15.4. The molecule has 1 aromatic carbocycles. The number of thioether (sulfide) groups is 1. The highest BCUT2D eigenvalue weighted by Gasteiger charge is 2.57. The van der Waals surface area contributed by atoms with Crippen molar-refractivity contribution < 1.29 is 19.1 Å². The highest BCUT2D eigenvalue weighted by molar-refractivity contribution is 8.00. The number of esters is 1. The van der Waals surface area contributed by atoms with Crippen LogP contribution in [0.2, 0.25) is 0 Å². The van der Waals surface area contributed by atoms with Crippen molar-refractivity contribution in [1.82, 2.24) is 9.80 Å². The minimum atomic E-state index is -0.624. The van der Waals surface area contributed by atoms with Crippen LogP contribution in [0.4, 0.5) is 0 Å². The molecule has 4 rings (SSSR count). The molecular formula is C19H22N2O4S. The number of fused-ring (bicyclic) bond motifs is 1. The van der Waals surface area contributed by atoms with Crippen LogP contribution in [0.15, 0.2) is 30.3 Å². The van der Waals surface area contributed by atoms with E-state index in [2.05, 4.69) is 0 Å². The van der Waals surface area contributed by atoms with Gasteiger partial charge >= 0.3 is 5.97 Å². The normalized spacial score (nSPS) is 27.7. The lowest BCUT2D eigenvalue weighted by molar-refractivity contribution is -0.158. The van der Waals surface area contributed by atoms with Gasteiger partial charge in [0.15, 0.2) is 6.61 Å². The number of carbonyl (C=O) groups is 3. The molecule has 0 unspecified atom stereocenters. The van der Waals surface area contributed by atoms with E-state index in [1.807, 2.05) is 30.3 Å². The second-order valence-corrected chi connectivity index (χ2v) is 8.23. The average Bonchev–Trinajstić information content (AvgIpc) is 3.38. The Morgan fingerprint density at radius 2 is 1.92 bits per heavy atom. The van der Waals surface area contributed by atoms with Gasteiger partial charge in [0.2, 0.25) is 5.91 Å². The summed E-state index contributed by atoms with van der Waals surface area (Å²) in [6.07, 6.45) is 3.12. The van der Waals surface area contributed by atoms with E-state index in [1.165, 1.54) is 0 Å². The number of hydrogen-bond donors (Lipinski definition) is 0. The van der Waals surface area contributed by atoms with Gasteiger partial charge in [0.1, 0.15) is 10.9 Å². The van der Waals surface area contributed by atoms with Gasteiger partial charge in [-0.2, -0.15) is 0 Å². The molecule has 3 saturated heterocycles. The topological polar surface area (TPSA) is 66.9 Å². The molecule has 1 aromatic rings. The van der Waals surface area contributed by atoms with Gasteiger partial charge in [-0.25, -0.2) is 4.79 Å². The minimum absolute atomic E-state index is 0.0216. The SMILES string of the molecule is O=C(OCC(=O)N1CCCC1)[C@H]1CS[C@]2(c3ccccc3)CCC(=O)N12. The van der Waals surface area contributed by atoms with E-state index in [0.29, 0.717) is 18.6 Å². The second-order valence-electron chi connectivity index (χ2n) is 6.94. The molecule has 0 saturated carbocycles. The van der Waals surface area contributed by atoms with Gasteiger partial charge in [0.05, 0.1) is 0 Å². The van der Waals surface area contributed by atoms with Gasteiger partial charge in [-0.3, -0.25) is 9.59 Å². The van der Waals surface area contributed by atoms with Crippen LogP contribution in [-0.2, 0) is 24.0 Å². The molecule has 3 aliphatic heterocycles. The summed E-state index contributed by atoms with van der Waals surface area (Å²) >= 11 is 1.62. The Morgan fingerprint density at radius 3 is 2.65 bits per heavy atom. The number of carbonyl (C=O) groups excluding carboxylic acids is 3. The third-order valence-electron chi connectivity index (χ3n) is 5.42. The predicted octanol–water partition coefficient (Wildman–Crippen LogP) is 1.74. The van der Waals surface area contributed by atoms with E-state index >= 15 is 0 Å². The maximum absolute atomic E-state index is 12.6. The molecule has 7 heteroatoms. The summed E-state index contributed by atoms with van der Waals surface area (Å²) in [4.78, 5) is 40.2. The van der Waals surface area contributed by atoms with Crippen LogP contribution in [-0.4, -0.2) is 59.1 Å². The third-order valence-corrected chi connectivity index (χ3v) is 7.02. The summed E-state index contributed by atoms with van der Waals surface area (Å²) < 4.78 is 5.30. The standard InChI is InChI=1S/C19H22N2O4S/c22-16-8-9-19(14-6-2-1-3-7-14)21(16)15(13-26-19)18(24)25-12-17(23)20-10-4-5-11-20/h1-3,6-7,15H,4-5,8-13H2/t15-,19+/m1/s1. The molecule has 6 nitrogen and oxygen atoms in total. The van der Waals surface area contributed by atoms with Crippen LogP contribution in [0, 0.1) is 0 Å². The molecule has 0 N–H and O–H groups in total. The van der Waals surface area contributed by atoms with Gasteiger partial charge in [-0.05, 0) is 24.8 Å². The molecule has 26 heavy (non-hydrogen) atoms. The number of benzene rings is 1. The molecular weight excluding hydrogens is 352 g/mol. The number of rotatable bonds is 4. The minimum Gasteiger partial charge on any atom is -0.454 e. The van der Waals surface area contributed by atoms with Crippen LogP contribution in [0.5, 0.6) is 0 Å². The molecule has 0 bridgehead atoms. The largest absolute Gasteiger partial charge is 0.454 e. The fourth-order valence-electron chi connectivity index (χ4n) is 4.10. The van der Waals surface area contributed by atoms with Crippen molar-refractivity contribution in [3.8, 4) is 0 Å². The lowest BCUT2D eigenvalue weighted by atomic mass is 10.0. The second kappa shape index (κ2) is 6.95. The summed E-state index contributed by atoms with van der Waals surface area (Å²) in [5, 5.41) is 0. The molecule has 3 aliphatic rings. The Labute approximate surface area is 156 Å². The molecule has 138 valence electrons. The molecule has 3 heterocycles. The monoisotopic (exact) mass is 374 g/mol. The number of hydrogen-bond acceptors (Lipinski definition) is 5. The zero-order valence-electron chi connectivity index (χ0n) is 14.6. The van der Waals surface area contributed by atoms with Crippen LogP contribution >= 0.6 is 11.8 Å². The number of amides is 2. The van der Waals surface area contributed by atoms with Crippen molar-refractivity contribution in [3.05, 3.63) is 35.9 Å². The van der Waals surface area contributed by atoms with Crippen LogP contribution in [0.1, 0.15) is 31.2 Å². The predicted molar refractivity (Wildman–Crippen MR) is 97.2 cm³/mol. The van der Waals surface area contributed by atoms with Crippen molar-refractivity contribution in [3.63, 3.8) is 0 Å². The molecule has 3 fully saturated rings. The van der Waals surface area contributed by atoms with Gasteiger partial charge in [0, 0.05) is 25.3 Å². The van der Waals surface area contributed by atoms with Gasteiger partial charge in [-0.15, -0.1) is 11.8 Å². The van der Waals surface area contributed by atoms with E-state index < -0.39 is 16.9 Å². The van der Waals surface area contributed by atoms with E-state index in [1.54, 1.807) is 21.6 Å². The average molecular weight is 374 g/mol. The number of ether oxygens (including phenoxy) is 1. The van der Waals surface area contributed by atoms with Crippen LogP contribution in [0.25, 0.3) is 0 Å². The first-order valence-corrected chi connectivity index (χ1v) is 10.1. The van der Waals surface area contributed by atoms with Crippen molar-refractivity contribution in [1.29, 1.82) is 0 Å². The summed E-state index contributed by atoms with van der Waals surface area (Å²) in [7, 11) is 0. The van der Waals surface area contributed by atoms with Crippen LogP contribution < -0.4 is 0 Å². The Hall–Kier alpha value is -2.02. The molecule has 0 spiro atoms. The Kier molecular flexibility index (Phi) is 4.65. The first-order chi connectivity index (χ1) is 12.6. The summed E-state index contributed by atoms with van der Waals surface area (Å²) in [6.45, 7) is 1.23. The third kappa shape index (κ3) is 2.88. The summed E-state index contributed by atoms with van der Waals surface area (Å²) in [5.74, 6) is -0.148. The highest BCUT2D eigenvalue weighted by Crippen LogP contribution is 2.54. The van der Waals surface area contributed by atoms with Crippen LogP contribution in [0.3, 0.4) is 0 Å². The summed E-state index contributed by atoms with van der Waals surface area (Å²) in [5.41, 5.74) is 1.04. The van der Waals surface area contributed by atoms with Gasteiger partial charge in [-0.1, -0.05) is 30.3 Å². The lowest BCUT2D eigenvalue weighted by Gasteiger charge is -2.33. The van der Waals surface area contributed by atoms with E-state index in [9.17, 15) is 14.4 Å².